The lowest BCUT2D eigenvalue weighted by molar-refractivity contribution is -0.383. The van der Waals surface area contributed by atoms with Crippen molar-refractivity contribution < 1.29 is 10.0 Å². The Morgan fingerprint density at radius 1 is 1.55 bits per heavy atom. The molecule has 2 rings (SSSR count). The van der Waals surface area contributed by atoms with Gasteiger partial charge in [0.05, 0.1) is 11.0 Å². The van der Waals surface area contributed by atoms with Gasteiger partial charge in [0.15, 0.2) is 5.00 Å². The fraction of sp³-hybridized carbons (Fsp3) is 0.714. The molecule has 0 bridgehead atoms. The van der Waals surface area contributed by atoms with E-state index in [-0.39, 0.29) is 16.0 Å². The highest BCUT2D eigenvalue weighted by Crippen LogP contribution is 2.46. The minimum atomic E-state index is -0.655. The molecule has 1 N–H and O–H groups in total. The molecule has 1 aromatic heterocycles. The summed E-state index contributed by atoms with van der Waals surface area (Å²) in [7, 11) is 0. The summed E-state index contributed by atoms with van der Waals surface area (Å²) in [5, 5.41) is 21.6. The second-order valence-corrected chi connectivity index (χ2v) is 6.71. The molecule has 1 saturated heterocycles. The lowest BCUT2D eigenvalue weighted by Gasteiger charge is -2.26. The summed E-state index contributed by atoms with van der Waals surface area (Å²) in [6.45, 7) is 7.77. The first-order valence-electron chi connectivity index (χ1n) is 7.13. The van der Waals surface area contributed by atoms with Gasteiger partial charge in [-0.15, -0.1) is 11.3 Å². The number of hydrogen-bond donors (Lipinski definition) is 1. The van der Waals surface area contributed by atoms with Gasteiger partial charge < -0.3 is 10.0 Å². The minimum absolute atomic E-state index is 0.133. The third-order valence-corrected chi connectivity index (χ3v) is 5.90. The first kappa shape index (κ1) is 15.3. The summed E-state index contributed by atoms with van der Waals surface area (Å²) >= 11 is 1.35. The Kier molecular flexibility index (Phi) is 4.34. The molecule has 0 aliphatic carbocycles. The molecule has 5 nitrogen and oxygen atoms in total. The summed E-state index contributed by atoms with van der Waals surface area (Å²) in [6.07, 6.45) is 2.63. The standard InChI is InChI=1S/C14H22N2O3S/c1-4-14(5-2)6-7-15(9-14)13-11(16(18)19)8-12(20-13)10(3)17/h8,10,17H,4-7,9H2,1-3H3/t10-/m1/s1. The summed E-state index contributed by atoms with van der Waals surface area (Å²) in [5.41, 5.74) is 0.414. The van der Waals surface area contributed by atoms with Crippen LogP contribution in [0.25, 0.3) is 0 Å². The third kappa shape index (κ3) is 2.67. The quantitative estimate of drug-likeness (QED) is 0.664. The Labute approximate surface area is 123 Å². The van der Waals surface area contributed by atoms with Crippen molar-refractivity contribution >= 4 is 22.0 Å². The van der Waals surface area contributed by atoms with Crippen molar-refractivity contribution in [3.05, 3.63) is 21.1 Å². The molecule has 1 aliphatic heterocycles. The third-order valence-electron chi connectivity index (χ3n) is 4.55. The zero-order valence-electron chi connectivity index (χ0n) is 12.3. The van der Waals surface area contributed by atoms with E-state index in [1.807, 2.05) is 0 Å². The molecule has 0 spiro atoms. The van der Waals surface area contributed by atoms with Crippen LogP contribution in [0.2, 0.25) is 0 Å². The van der Waals surface area contributed by atoms with Crippen molar-refractivity contribution in [1.82, 2.24) is 0 Å². The maximum absolute atomic E-state index is 11.2. The first-order chi connectivity index (χ1) is 9.42. The number of anilines is 1. The van der Waals surface area contributed by atoms with Gasteiger partial charge in [0.1, 0.15) is 0 Å². The number of hydrogen-bond acceptors (Lipinski definition) is 5. The van der Waals surface area contributed by atoms with Crippen molar-refractivity contribution in [2.45, 2.75) is 46.1 Å². The number of rotatable bonds is 5. The Morgan fingerprint density at radius 3 is 2.65 bits per heavy atom. The van der Waals surface area contributed by atoms with Crippen molar-refractivity contribution in [2.24, 2.45) is 5.41 Å². The molecule has 1 aliphatic rings. The van der Waals surface area contributed by atoms with Crippen LogP contribution in [-0.4, -0.2) is 23.1 Å². The van der Waals surface area contributed by atoms with E-state index in [4.69, 9.17) is 0 Å². The van der Waals surface area contributed by atoms with Crippen LogP contribution in [0.15, 0.2) is 6.07 Å². The average molecular weight is 298 g/mol. The van der Waals surface area contributed by atoms with E-state index in [2.05, 4.69) is 18.7 Å². The Hall–Kier alpha value is -1.14. The molecule has 0 unspecified atom stereocenters. The zero-order valence-corrected chi connectivity index (χ0v) is 13.1. The number of aliphatic hydroxyl groups is 1. The highest BCUT2D eigenvalue weighted by atomic mass is 32.1. The SMILES string of the molecule is CCC1(CC)CCN(c2sc([C@@H](C)O)cc2[N+](=O)[O-])C1. The summed E-state index contributed by atoms with van der Waals surface area (Å²) in [6, 6.07) is 1.52. The van der Waals surface area contributed by atoms with Crippen LogP contribution in [0.5, 0.6) is 0 Å². The number of nitro groups is 1. The van der Waals surface area contributed by atoms with Crippen molar-refractivity contribution in [1.29, 1.82) is 0 Å². The molecule has 1 atom stereocenters. The van der Waals surface area contributed by atoms with Crippen LogP contribution >= 0.6 is 11.3 Å². The lowest BCUT2D eigenvalue weighted by atomic mass is 9.82. The summed E-state index contributed by atoms with van der Waals surface area (Å²) in [5.74, 6) is 0. The molecule has 2 heterocycles. The van der Waals surface area contributed by atoms with Crippen LogP contribution in [0.4, 0.5) is 10.7 Å². The molecular weight excluding hydrogens is 276 g/mol. The fourth-order valence-corrected chi connectivity index (χ4v) is 3.98. The van der Waals surface area contributed by atoms with E-state index in [0.29, 0.717) is 9.88 Å². The van der Waals surface area contributed by atoms with Crippen LogP contribution < -0.4 is 4.90 Å². The Balaban J connectivity index is 2.31. The minimum Gasteiger partial charge on any atom is -0.388 e. The van der Waals surface area contributed by atoms with E-state index in [0.717, 1.165) is 32.4 Å². The number of aliphatic hydroxyl groups excluding tert-OH is 1. The van der Waals surface area contributed by atoms with Gasteiger partial charge in [0.25, 0.3) is 0 Å². The molecule has 0 saturated carbocycles. The second kappa shape index (κ2) is 5.69. The zero-order chi connectivity index (χ0) is 14.9. The van der Waals surface area contributed by atoms with E-state index in [1.165, 1.54) is 17.4 Å². The molecule has 0 radical (unpaired) electrons. The molecule has 20 heavy (non-hydrogen) atoms. The van der Waals surface area contributed by atoms with Gasteiger partial charge in [0.2, 0.25) is 0 Å². The normalized spacial score (nSPS) is 19.3. The summed E-state index contributed by atoms with van der Waals surface area (Å²) in [4.78, 5) is 13.7. The molecule has 1 aromatic rings. The van der Waals surface area contributed by atoms with E-state index in [1.54, 1.807) is 6.92 Å². The van der Waals surface area contributed by atoms with Gasteiger partial charge in [-0.3, -0.25) is 10.1 Å². The topological polar surface area (TPSA) is 66.6 Å². The second-order valence-electron chi connectivity index (χ2n) is 5.65. The van der Waals surface area contributed by atoms with Crippen LogP contribution in [0.3, 0.4) is 0 Å². The average Bonchev–Trinajstić information content (AvgIpc) is 3.03. The monoisotopic (exact) mass is 298 g/mol. The maximum atomic E-state index is 11.2. The highest BCUT2D eigenvalue weighted by Gasteiger charge is 2.38. The van der Waals surface area contributed by atoms with E-state index in [9.17, 15) is 15.2 Å². The van der Waals surface area contributed by atoms with Crippen LogP contribution in [0.1, 0.15) is 51.0 Å². The fourth-order valence-electron chi connectivity index (χ4n) is 2.89. The highest BCUT2D eigenvalue weighted by molar-refractivity contribution is 7.16. The van der Waals surface area contributed by atoms with Gasteiger partial charge >= 0.3 is 5.69 Å². The molecule has 6 heteroatoms. The van der Waals surface area contributed by atoms with Gasteiger partial charge in [-0.2, -0.15) is 0 Å². The predicted molar refractivity (Wildman–Crippen MR) is 81.5 cm³/mol. The first-order valence-corrected chi connectivity index (χ1v) is 7.95. The molecular formula is C14H22N2O3S. The molecule has 112 valence electrons. The Morgan fingerprint density at radius 2 is 2.20 bits per heavy atom. The lowest BCUT2D eigenvalue weighted by Crippen LogP contribution is -2.25. The van der Waals surface area contributed by atoms with Crippen molar-refractivity contribution in [3.8, 4) is 0 Å². The van der Waals surface area contributed by atoms with Crippen LogP contribution in [0, 0.1) is 15.5 Å². The van der Waals surface area contributed by atoms with Gasteiger partial charge in [0, 0.05) is 24.0 Å². The van der Waals surface area contributed by atoms with Gasteiger partial charge in [-0.05, 0) is 31.6 Å². The molecule has 0 aromatic carbocycles. The van der Waals surface area contributed by atoms with Gasteiger partial charge in [-0.25, -0.2) is 0 Å². The smallest absolute Gasteiger partial charge is 0.304 e. The van der Waals surface area contributed by atoms with Gasteiger partial charge in [-0.1, -0.05) is 13.8 Å². The number of thiophene rings is 1. The molecule has 0 amide bonds. The van der Waals surface area contributed by atoms with E-state index >= 15 is 0 Å². The van der Waals surface area contributed by atoms with Crippen molar-refractivity contribution in [2.75, 3.05) is 18.0 Å². The largest absolute Gasteiger partial charge is 0.388 e. The summed E-state index contributed by atoms with van der Waals surface area (Å²) < 4.78 is 0. The van der Waals surface area contributed by atoms with Crippen molar-refractivity contribution in [3.63, 3.8) is 0 Å². The molecule has 1 fully saturated rings. The predicted octanol–water partition coefficient (Wildman–Crippen LogP) is 3.73. The maximum Gasteiger partial charge on any atom is 0.304 e. The van der Waals surface area contributed by atoms with E-state index < -0.39 is 6.10 Å². The van der Waals surface area contributed by atoms with Crippen LogP contribution in [-0.2, 0) is 0 Å². The number of nitrogens with zero attached hydrogens (tertiary/aromatic N) is 2. The Bertz CT molecular complexity index is 495.